The van der Waals surface area contributed by atoms with Crippen LogP contribution in [0.3, 0.4) is 0 Å². The topological polar surface area (TPSA) is 91.3 Å². The Hall–Kier alpha value is -2.54. The molecule has 0 saturated carbocycles. The second kappa shape index (κ2) is 7.83. The van der Waals surface area contributed by atoms with E-state index in [4.69, 9.17) is 0 Å². The van der Waals surface area contributed by atoms with E-state index in [0.717, 1.165) is 4.90 Å². The molecule has 0 aliphatic heterocycles. The number of carbonyl (C=O) groups is 2. The van der Waals surface area contributed by atoms with Gasteiger partial charge in [-0.15, -0.1) is 11.8 Å². The molecule has 1 heterocycles. The van der Waals surface area contributed by atoms with Crippen molar-refractivity contribution in [1.29, 1.82) is 0 Å². The van der Waals surface area contributed by atoms with E-state index < -0.39 is 0 Å². The maximum absolute atomic E-state index is 12.4. The summed E-state index contributed by atoms with van der Waals surface area (Å²) in [6.45, 7) is 3.56. The Kier molecular flexibility index (Phi) is 5.81. The molecule has 7 heteroatoms. The van der Waals surface area contributed by atoms with Gasteiger partial charge in [-0.25, -0.2) is 4.98 Å². The van der Waals surface area contributed by atoms with Crippen molar-refractivity contribution in [2.75, 3.05) is 16.9 Å². The van der Waals surface area contributed by atoms with Gasteiger partial charge < -0.3 is 15.7 Å². The lowest BCUT2D eigenvalue weighted by Gasteiger charge is -2.11. The zero-order valence-electron chi connectivity index (χ0n) is 13.7. The number of phenols is 1. The molecule has 2 amide bonds. The van der Waals surface area contributed by atoms with Gasteiger partial charge in [-0.05, 0) is 36.6 Å². The number of nitrogens with one attached hydrogen (secondary N) is 2. The van der Waals surface area contributed by atoms with Gasteiger partial charge >= 0.3 is 0 Å². The standard InChI is InChI=1S/C17H19N3O3S/c1-10(2)16(22)20-15-8-11(6-7-18-15)17(23)19-13-5-4-12(21)9-14(13)24-3/h4-10,21H,1-3H3,(H,19,23)(H,18,20,22). The van der Waals surface area contributed by atoms with Crippen LogP contribution in [0.1, 0.15) is 24.2 Å². The summed E-state index contributed by atoms with van der Waals surface area (Å²) < 4.78 is 0. The predicted molar refractivity (Wildman–Crippen MR) is 95.5 cm³/mol. The number of amides is 2. The van der Waals surface area contributed by atoms with Crippen LogP contribution in [0.2, 0.25) is 0 Å². The molecule has 0 aliphatic rings. The Morgan fingerprint density at radius 1 is 1.17 bits per heavy atom. The van der Waals surface area contributed by atoms with Gasteiger partial charge in [0.05, 0.1) is 5.69 Å². The Bertz CT molecular complexity index is 762. The quantitative estimate of drug-likeness (QED) is 0.571. The monoisotopic (exact) mass is 345 g/mol. The fourth-order valence-corrected chi connectivity index (χ4v) is 2.47. The number of carbonyl (C=O) groups excluding carboxylic acids is 2. The van der Waals surface area contributed by atoms with Gasteiger partial charge in [-0.1, -0.05) is 13.8 Å². The first kappa shape index (κ1) is 17.8. The number of thioether (sulfide) groups is 1. The summed E-state index contributed by atoms with van der Waals surface area (Å²) in [6, 6.07) is 7.83. The van der Waals surface area contributed by atoms with Crippen LogP contribution in [0.5, 0.6) is 5.75 Å². The van der Waals surface area contributed by atoms with Crippen LogP contribution in [0.15, 0.2) is 41.4 Å². The molecule has 126 valence electrons. The van der Waals surface area contributed by atoms with Crippen molar-refractivity contribution in [3.63, 3.8) is 0 Å². The second-order valence-electron chi connectivity index (χ2n) is 5.41. The number of nitrogens with zero attached hydrogens (tertiary/aromatic N) is 1. The molecule has 0 saturated heterocycles. The Morgan fingerprint density at radius 2 is 1.92 bits per heavy atom. The van der Waals surface area contributed by atoms with Gasteiger partial charge in [0.25, 0.3) is 5.91 Å². The molecule has 0 fully saturated rings. The van der Waals surface area contributed by atoms with Gasteiger partial charge in [-0.3, -0.25) is 9.59 Å². The third-order valence-electron chi connectivity index (χ3n) is 3.23. The zero-order chi connectivity index (χ0) is 17.7. The highest BCUT2D eigenvalue weighted by atomic mass is 32.2. The maximum atomic E-state index is 12.4. The predicted octanol–water partition coefficient (Wildman–Crippen LogP) is 3.36. The smallest absolute Gasteiger partial charge is 0.255 e. The number of benzene rings is 1. The van der Waals surface area contributed by atoms with E-state index in [0.29, 0.717) is 17.1 Å². The highest BCUT2D eigenvalue weighted by Gasteiger charge is 2.12. The maximum Gasteiger partial charge on any atom is 0.255 e. The molecule has 0 radical (unpaired) electrons. The summed E-state index contributed by atoms with van der Waals surface area (Å²) in [5.41, 5.74) is 0.985. The molecule has 24 heavy (non-hydrogen) atoms. The fourth-order valence-electron chi connectivity index (χ4n) is 1.89. The lowest BCUT2D eigenvalue weighted by molar-refractivity contribution is -0.118. The summed E-state index contributed by atoms with van der Waals surface area (Å²) in [5.74, 6) is -0.191. The van der Waals surface area contributed by atoms with Gasteiger partial charge in [0, 0.05) is 22.6 Å². The van der Waals surface area contributed by atoms with Crippen molar-refractivity contribution >= 4 is 35.1 Å². The minimum atomic E-state index is -0.321. The normalized spacial score (nSPS) is 10.5. The Balaban J connectivity index is 2.17. The molecule has 0 bridgehead atoms. The molecular weight excluding hydrogens is 326 g/mol. The van der Waals surface area contributed by atoms with E-state index >= 15 is 0 Å². The van der Waals surface area contributed by atoms with E-state index in [1.54, 1.807) is 32.0 Å². The molecular formula is C17H19N3O3S. The molecule has 0 aliphatic carbocycles. The van der Waals surface area contributed by atoms with Crippen LogP contribution < -0.4 is 10.6 Å². The molecule has 1 aromatic carbocycles. The number of hydrogen-bond donors (Lipinski definition) is 3. The van der Waals surface area contributed by atoms with E-state index in [1.165, 1.54) is 30.1 Å². The number of aromatic nitrogens is 1. The highest BCUT2D eigenvalue weighted by Crippen LogP contribution is 2.29. The molecule has 0 spiro atoms. The number of aromatic hydroxyl groups is 1. The van der Waals surface area contributed by atoms with E-state index in [9.17, 15) is 14.7 Å². The van der Waals surface area contributed by atoms with E-state index in [1.807, 2.05) is 6.26 Å². The number of anilines is 2. The molecule has 6 nitrogen and oxygen atoms in total. The minimum absolute atomic E-state index is 0.139. The van der Waals surface area contributed by atoms with Crippen LogP contribution in [-0.2, 0) is 4.79 Å². The fraction of sp³-hybridized carbons (Fsp3) is 0.235. The lowest BCUT2D eigenvalue weighted by atomic mass is 10.2. The zero-order valence-corrected chi connectivity index (χ0v) is 14.5. The van der Waals surface area contributed by atoms with E-state index in [2.05, 4.69) is 15.6 Å². The molecule has 1 aromatic heterocycles. The van der Waals surface area contributed by atoms with Crippen LogP contribution >= 0.6 is 11.8 Å². The van der Waals surface area contributed by atoms with Gasteiger partial charge in [0.2, 0.25) is 5.91 Å². The third kappa shape index (κ3) is 4.48. The van der Waals surface area contributed by atoms with E-state index in [-0.39, 0.29) is 23.5 Å². The van der Waals surface area contributed by atoms with Gasteiger partial charge in [-0.2, -0.15) is 0 Å². The number of pyridine rings is 1. The summed E-state index contributed by atoms with van der Waals surface area (Å²) in [7, 11) is 0. The average molecular weight is 345 g/mol. The van der Waals surface area contributed by atoms with Gasteiger partial charge in [0.15, 0.2) is 0 Å². The van der Waals surface area contributed by atoms with Crippen LogP contribution in [0, 0.1) is 5.92 Å². The van der Waals surface area contributed by atoms with Crippen LogP contribution in [-0.4, -0.2) is 28.2 Å². The molecule has 2 rings (SSSR count). The van der Waals surface area contributed by atoms with Gasteiger partial charge in [0.1, 0.15) is 11.6 Å². The first-order chi connectivity index (χ1) is 11.4. The second-order valence-corrected chi connectivity index (χ2v) is 6.26. The summed E-state index contributed by atoms with van der Waals surface area (Å²) in [6.07, 6.45) is 3.33. The van der Waals surface area contributed by atoms with Crippen LogP contribution in [0.25, 0.3) is 0 Å². The Labute approximate surface area is 144 Å². The van der Waals surface area contributed by atoms with Crippen molar-refractivity contribution in [3.8, 4) is 5.75 Å². The van der Waals surface area contributed by atoms with Crippen molar-refractivity contribution in [2.45, 2.75) is 18.7 Å². The molecule has 0 unspecified atom stereocenters. The minimum Gasteiger partial charge on any atom is -0.508 e. The van der Waals surface area contributed by atoms with Crippen LogP contribution in [0.4, 0.5) is 11.5 Å². The first-order valence-electron chi connectivity index (χ1n) is 7.36. The summed E-state index contributed by atoms with van der Waals surface area (Å²) in [5, 5.41) is 15.0. The summed E-state index contributed by atoms with van der Waals surface area (Å²) >= 11 is 1.42. The average Bonchev–Trinajstić information content (AvgIpc) is 2.56. The van der Waals surface area contributed by atoms with Crippen molar-refractivity contribution in [3.05, 3.63) is 42.1 Å². The summed E-state index contributed by atoms with van der Waals surface area (Å²) in [4.78, 5) is 28.9. The Morgan fingerprint density at radius 3 is 2.58 bits per heavy atom. The third-order valence-corrected chi connectivity index (χ3v) is 4.01. The molecule has 3 N–H and O–H groups in total. The number of hydrogen-bond acceptors (Lipinski definition) is 5. The molecule has 2 aromatic rings. The largest absolute Gasteiger partial charge is 0.508 e. The molecule has 0 atom stereocenters. The van der Waals surface area contributed by atoms with Crippen molar-refractivity contribution in [2.24, 2.45) is 5.92 Å². The van der Waals surface area contributed by atoms with Crippen molar-refractivity contribution < 1.29 is 14.7 Å². The number of rotatable bonds is 5. The SMILES string of the molecule is CSc1cc(O)ccc1NC(=O)c1ccnc(NC(=O)C(C)C)c1. The lowest BCUT2D eigenvalue weighted by Crippen LogP contribution is -2.19. The number of phenolic OH excluding ortho intramolecular Hbond substituents is 1. The van der Waals surface area contributed by atoms with Crippen molar-refractivity contribution in [1.82, 2.24) is 4.98 Å². The first-order valence-corrected chi connectivity index (χ1v) is 8.58. The highest BCUT2D eigenvalue weighted by molar-refractivity contribution is 7.98.